The molecule has 0 fully saturated rings. The third-order valence-corrected chi connectivity index (χ3v) is 3.81. The second-order valence-corrected chi connectivity index (χ2v) is 6.23. The van der Waals surface area contributed by atoms with Crippen molar-refractivity contribution in [3.63, 3.8) is 0 Å². The molecule has 0 aliphatic rings. The van der Waals surface area contributed by atoms with Crippen LogP contribution < -0.4 is 16.0 Å². The number of aryl methyl sites for hydroxylation is 1. The highest BCUT2D eigenvalue weighted by Crippen LogP contribution is 2.19. The lowest BCUT2D eigenvalue weighted by molar-refractivity contribution is -0.120. The number of hydrogen-bond acceptors (Lipinski definition) is 4. The number of halogens is 1. The molecule has 8 heteroatoms. The zero-order valence-corrected chi connectivity index (χ0v) is 19.1. The van der Waals surface area contributed by atoms with E-state index < -0.39 is 0 Å². The van der Waals surface area contributed by atoms with Gasteiger partial charge in [0.15, 0.2) is 5.96 Å². The Hall–Kier alpha value is -2.10. The summed E-state index contributed by atoms with van der Waals surface area (Å²) in [6.45, 7) is 8.44. The number of aromatic nitrogens is 1. The molecular formula is C20H30IN5O2. The molecule has 0 aliphatic carbocycles. The Kier molecular flexibility index (Phi) is 11.2. The molecule has 3 N–H and O–H groups in total. The van der Waals surface area contributed by atoms with Crippen LogP contribution in [0, 0.1) is 6.92 Å². The first-order chi connectivity index (χ1) is 13.1. The molecule has 0 unspecified atom stereocenters. The Morgan fingerprint density at radius 3 is 2.54 bits per heavy atom. The number of nitrogens with one attached hydrogen (secondary N) is 3. The molecule has 0 saturated heterocycles. The van der Waals surface area contributed by atoms with Gasteiger partial charge in [0.2, 0.25) is 11.8 Å². The van der Waals surface area contributed by atoms with Gasteiger partial charge in [0, 0.05) is 31.6 Å². The van der Waals surface area contributed by atoms with Crippen molar-refractivity contribution in [2.45, 2.75) is 40.2 Å². The number of guanidine groups is 1. The predicted molar refractivity (Wildman–Crippen MR) is 123 cm³/mol. The minimum absolute atomic E-state index is 0. The second kappa shape index (κ2) is 13.1. The third kappa shape index (κ3) is 8.28. The number of benzene rings is 1. The molecule has 0 bridgehead atoms. The largest absolute Gasteiger partial charge is 0.444 e. The molecule has 2 rings (SSSR count). The summed E-state index contributed by atoms with van der Waals surface area (Å²) < 4.78 is 5.56. The molecule has 28 heavy (non-hydrogen) atoms. The van der Waals surface area contributed by atoms with Crippen LogP contribution in [0.1, 0.15) is 37.9 Å². The monoisotopic (exact) mass is 499 g/mol. The van der Waals surface area contributed by atoms with Gasteiger partial charge in [-0.1, -0.05) is 24.6 Å². The summed E-state index contributed by atoms with van der Waals surface area (Å²) in [7, 11) is 0. The highest BCUT2D eigenvalue weighted by Gasteiger charge is 2.07. The van der Waals surface area contributed by atoms with Crippen molar-refractivity contribution in [2.75, 3.05) is 19.6 Å². The van der Waals surface area contributed by atoms with E-state index in [2.05, 4.69) is 25.9 Å². The number of amides is 1. The van der Waals surface area contributed by atoms with Crippen LogP contribution in [0.4, 0.5) is 0 Å². The number of rotatable bonds is 9. The molecule has 0 saturated carbocycles. The third-order valence-electron chi connectivity index (χ3n) is 3.81. The van der Waals surface area contributed by atoms with Crippen molar-refractivity contribution in [2.24, 2.45) is 4.99 Å². The van der Waals surface area contributed by atoms with Gasteiger partial charge >= 0.3 is 0 Å². The molecule has 0 radical (unpaired) electrons. The van der Waals surface area contributed by atoms with E-state index in [1.165, 1.54) is 5.56 Å². The van der Waals surface area contributed by atoms with E-state index in [0.29, 0.717) is 37.9 Å². The van der Waals surface area contributed by atoms with E-state index in [1.54, 1.807) is 6.26 Å². The second-order valence-electron chi connectivity index (χ2n) is 6.23. The zero-order chi connectivity index (χ0) is 19.5. The summed E-state index contributed by atoms with van der Waals surface area (Å²) in [5.74, 6) is 1.28. The van der Waals surface area contributed by atoms with E-state index >= 15 is 0 Å². The Bertz CT molecular complexity index is 743. The maximum absolute atomic E-state index is 11.6. The number of carbonyl (C=O) groups is 1. The highest BCUT2D eigenvalue weighted by atomic mass is 127. The molecule has 2 aromatic rings. The highest BCUT2D eigenvalue weighted by molar-refractivity contribution is 14.0. The van der Waals surface area contributed by atoms with Crippen molar-refractivity contribution in [1.29, 1.82) is 0 Å². The maximum atomic E-state index is 11.6. The Labute approximate surface area is 183 Å². The first-order valence-electron chi connectivity index (χ1n) is 9.42. The minimum Gasteiger partial charge on any atom is -0.444 e. The van der Waals surface area contributed by atoms with Gasteiger partial charge < -0.3 is 20.4 Å². The zero-order valence-electron chi connectivity index (χ0n) is 16.7. The van der Waals surface area contributed by atoms with Crippen molar-refractivity contribution in [3.05, 3.63) is 41.8 Å². The van der Waals surface area contributed by atoms with Gasteiger partial charge in [0.05, 0.1) is 6.54 Å². The van der Waals surface area contributed by atoms with Crippen molar-refractivity contribution in [3.8, 4) is 11.5 Å². The first kappa shape index (κ1) is 23.9. The summed E-state index contributed by atoms with van der Waals surface area (Å²) >= 11 is 0. The lowest BCUT2D eigenvalue weighted by atomic mass is 10.1. The van der Waals surface area contributed by atoms with Crippen LogP contribution in [0.15, 0.2) is 39.9 Å². The molecular weight excluding hydrogens is 469 g/mol. The molecule has 1 heterocycles. The molecule has 1 aromatic carbocycles. The van der Waals surface area contributed by atoms with Crippen LogP contribution in [-0.2, 0) is 11.3 Å². The first-order valence-corrected chi connectivity index (χ1v) is 9.42. The van der Waals surface area contributed by atoms with Gasteiger partial charge in [0.1, 0.15) is 12.0 Å². The van der Waals surface area contributed by atoms with Crippen LogP contribution in [-0.4, -0.2) is 36.5 Å². The van der Waals surface area contributed by atoms with Gasteiger partial charge in [0.25, 0.3) is 0 Å². The maximum Gasteiger partial charge on any atom is 0.226 e. The number of carbonyl (C=O) groups excluding carboxylic acids is 1. The predicted octanol–water partition coefficient (Wildman–Crippen LogP) is 3.24. The van der Waals surface area contributed by atoms with Crippen molar-refractivity contribution in [1.82, 2.24) is 20.9 Å². The van der Waals surface area contributed by atoms with Crippen LogP contribution in [0.2, 0.25) is 0 Å². The van der Waals surface area contributed by atoms with Gasteiger partial charge in [-0.15, -0.1) is 24.0 Å². The van der Waals surface area contributed by atoms with Gasteiger partial charge in [-0.3, -0.25) is 4.79 Å². The number of hydrogen-bond donors (Lipinski definition) is 3. The summed E-state index contributed by atoms with van der Waals surface area (Å²) in [6, 6.07) is 8.04. The fourth-order valence-corrected chi connectivity index (χ4v) is 2.36. The van der Waals surface area contributed by atoms with Crippen LogP contribution >= 0.6 is 24.0 Å². The smallest absolute Gasteiger partial charge is 0.226 e. The average molecular weight is 499 g/mol. The molecule has 0 atom stereocenters. The Morgan fingerprint density at radius 2 is 1.86 bits per heavy atom. The Morgan fingerprint density at radius 1 is 1.11 bits per heavy atom. The van der Waals surface area contributed by atoms with Crippen LogP contribution in [0.3, 0.4) is 0 Å². The lowest BCUT2D eigenvalue weighted by Crippen LogP contribution is -2.39. The molecule has 7 nitrogen and oxygen atoms in total. The van der Waals surface area contributed by atoms with Crippen LogP contribution in [0.25, 0.3) is 11.5 Å². The fraction of sp³-hybridized carbons (Fsp3) is 0.450. The fourth-order valence-electron chi connectivity index (χ4n) is 2.36. The van der Waals surface area contributed by atoms with E-state index in [0.717, 1.165) is 24.2 Å². The van der Waals surface area contributed by atoms with E-state index in [4.69, 9.17) is 4.42 Å². The molecule has 1 aromatic heterocycles. The standard InChI is InChI=1S/C20H29N5O2.HI/c1-4-11-22-18(26)10-12-23-20(21-5-2)24-13-17-14-27-19(25-17)16-8-6-15(3)7-9-16;/h6-9,14H,4-5,10-13H2,1-3H3,(H,22,26)(H2,21,23,24);1H. The normalized spacial score (nSPS) is 10.9. The minimum atomic E-state index is 0. The topological polar surface area (TPSA) is 91.5 Å². The summed E-state index contributed by atoms with van der Waals surface area (Å²) in [4.78, 5) is 20.6. The van der Waals surface area contributed by atoms with E-state index in [1.807, 2.05) is 45.0 Å². The number of aliphatic imine (C=N–C) groups is 1. The van der Waals surface area contributed by atoms with E-state index in [-0.39, 0.29) is 29.9 Å². The number of nitrogens with zero attached hydrogens (tertiary/aromatic N) is 2. The van der Waals surface area contributed by atoms with Gasteiger partial charge in [-0.05, 0) is 32.4 Å². The van der Waals surface area contributed by atoms with Gasteiger partial charge in [-0.2, -0.15) is 0 Å². The lowest BCUT2D eigenvalue weighted by Gasteiger charge is -2.10. The molecule has 1 amide bonds. The molecule has 154 valence electrons. The van der Waals surface area contributed by atoms with Gasteiger partial charge in [-0.25, -0.2) is 9.98 Å². The summed E-state index contributed by atoms with van der Waals surface area (Å²) in [5, 5.41) is 9.18. The van der Waals surface area contributed by atoms with Crippen molar-refractivity contribution >= 4 is 35.8 Å². The average Bonchev–Trinajstić information content (AvgIpc) is 3.14. The van der Waals surface area contributed by atoms with Crippen molar-refractivity contribution < 1.29 is 9.21 Å². The summed E-state index contributed by atoms with van der Waals surface area (Å²) in [5.41, 5.74) is 2.89. The summed E-state index contributed by atoms with van der Waals surface area (Å²) in [6.07, 6.45) is 2.97. The number of oxazole rings is 1. The van der Waals surface area contributed by atoms with Crippen LogP contribution in [0.5, 0.6) is 0 Å². The SMILES string of the molecule is CCCNC(=O)CCNC(=NCc1coc(-c2ccc(C)cc2)n1)NCC.I. The Balaban J connectivity index is 0.00000392. The van der Waals surface area contributed by atoms with E-state index in [9.17, 15) is 4.79 Å². The molecule has 0 spiro atoms. The molecule has 0 aliphatic heterocycles. The quantitative estimate of drug-likeness (QED) is 0.280.